The van der Waals surface area contributed by atoms with E-state index in [-0.39, 0.29) is 36.9 Å². The van der Waals surface area contributed by atoms with Crippen molar-refractivity contribution in [3.05, 3.63) is 35.9 Å². The van der Waals surface area contributed by atoms with Crippen molar-refractivity contribution in [2.45, 2.75) is 24.9 Å². The molecule has 0 bridgehead atoms. The number of sulfonamides is 1. The minimum absolute atomic E-state index is 0.121. The lowest BCUT2D eigenvalue weighted by molar-refractivity contribution is -0.135. The van der Waals surface area contributed by atoms with Crippen molar-refractivity contribution in [3.63, 3.8) is 0 Å². The lowest BCUT2D eigenvalue weighted by Gasteiger charge is -2.42. The molecule has 2 saturated heterocycles. The molecule has 0 saturated carbocycles. The molecule has 0 spiro atoms. The van der Waals surface area contributed by atoms with E-state index < -0.39 is 31.9 Å². The minimum atomic E-state index is -3.50. The van der Waals surface area contributed by atoms with Gasteiger partial charge in [0.15, 0.2) is 9.84 Å². The van der Waals surface area contributed by atoms with Crippen LogP contribution in [0.1, 0.15) is 12.0 Å². The Kier molecular flexibility index (Phi) is 4.91. The number of rotatable bonds is 4. The SMILES string of the molecule is CS(=O)(=O)N1CCN(C(=O)CCc2ccccc2)[C@@H]2CS(=O)(=O)C[C@@H]21. The lowest BCUT2D eigenvalue weighted by atomic mass is 10.0. The summed E-state index contributed by atoms with van der Waals surface area (Å²) in [7, 11) is -6.86. The highest BCUT2D eigenvalue weighted by molar-refractivity contribution is 7.92. The largest absolute Gasteiger partial charge is 0.336 e. The minimum Gasteiger partial charge on any atom is -0.336 e. The van der Waals surface area contributed by atoms with Gasteiger partial charge in [-0.2, -0.15) is 4.31 Å². The van der Waals surface area contributed by atoms with E-state index in [1.165, 1.54) is 4.31 Å². The van der Waals surface area contributed by atoms with Crippen molar-refractivity contribution in [2.75, 3.05) is 30.9 Å². The Balaban J connectivity index is 1.75. The maximum Gasteiger partial charge on any atom is 0.223 e. The summed E-state index contributed by atoms with van der Waals surface area (Å²) >= 11 is 0. The number of piperazine rings is 1. The zero-order valence-corrected chi connectivity index (χ0v) is 15.7. The van der Waals surface area contributed by atoms with Gasteiger partial charge in [-0.05, 0) is 12.0 Å². The van der Waals surface area contributed by atoms with Crippen LogP contribution in [-0.2, 0) is 31.1 Å². The number of nitrogens with zero attached hydrogens (tertiary/aromatic N) is 2. The first-order valence-electron chi connectivity index (χ1n) is 8.18. The Bertz CT molecular complexity index is 852. The molecule has 0 aromatic heterocycles. The summed E-state index contributed by atoms with van der Waals surface area (Å²) in [6.45, 7) is 0.379. The zero-order valence-electron chi connectivity index (χ0n) is 14.0. The second-order valence-corrected chi connectivity index (χ2v) is 10.7. The van der Waals surface area contributed by atoms with Gasteiger partial charge in [-0.1, -0.05) is 30.3 Å². The molecule has 1 aromatic rings. The molecule has 1 amide bonds. The quantitative estimate of drug-likeness (QED) is 0.720. The summed E-state index contributed by atoms with van der Waals surface area (Å²) < 4.78 is 49.3. The molecule has 2 fully saturated rings. The van der Waals surface area contributed by atoms with E-state index in [1.807, 2.05) is 30.3 Å². The van der Waals surface area contributed by atoms with Gasteiger partial charge in [-0.15, -0.1) is 0 Å². The number of fused-ring (bicyclic) bond motifs is 1. The Morgan fingerprint density at radius 3 is 2.40 bits per heavy atom. The number of aryl methyl sites for hydroxylation is 1. The van der Waals surface area contributed by atoms with Gasteiger partial charge in [0.2, 0.25) is 15.9 Å². The Morgan fingerprint density at radius 1 is 1.12 bits per heavy atom. The molecular weight excluding hydrogens is 364 g/mol. The highest BCUT2D eigenvalue weighted by Crippen LogP contribution is 2.29. The molecule has 2 atom stereocenters. The van der Waals surface area contributed by atoms with E-state index in [4.69, 9.17) is 0 Å². The molecule has 7 nitrogen and oxygen atoms in total. The molecule has 9 heteroatoms. The van der Waals surface area contributed by atoms with Gasteiger partial charge in [0.1, 0.15) is 0 Å². The Morgan fingerprint density at radius 2 is 1.76 bits per heavy atom. The van der Waals surface area contributed by atoms with Gasteiger partial charge in [0.25, 0.3) is 0 Å². The average molecular weight is 386 g/mol. The summed E-state index contributed by atoms with van der Waals surface area (Å²) in [6.07, 6.45) is 1.95. The number of carbonyl (C=O) groups excluding carboxylic acids is 1. The second kappa shape index (κ2) is 6.69. The van der Waals surface area contributed by atoms with Crippen LogP contribution < -0.4 is 0 Å². The van der Waals surface area contributed by atoms with E-state index in [0.717, 1.165) is 11.8 Å². The Labute approximate surface area is 148 Å². The fourth-order valence-corrected chi connectivity index (χ4v) is 6.88. The summed E-state index contributed by atoms with van der Waals surface area (Å²) in [4.78, 5) is 14.2. The number of hydrogen-bond donors (Lipinski definition) is 0. The van der Waals surface area contributed by atoms with E-state index in [9.17, 15) is 21.6 Å². The molecule has 0 radical (unpaired) electrons. The second-order valence-electron chi connectivity index (χ2n) is 6.66. The average Bonchev–Trinajstić information content (AvgIpc) is 2.86. The summed E-state index contributed by atoms with van der Waals surface area (Å²) in [5.74, 6) is -0.502. The number of carbonyl (C=O) groups is 1. The number of hydrogen-bond acceptors (Lipinski definition) is 5. The van der Waals surface area contributed by atoms with Crippen LogP contribution in [0.15, 0.2) is 30.3 Å². The molecule has 2 aliphatic rings. The number of benzene rings is 1. The molecule has 0 N–H and O–H groups in total. The predicted octanol–water partition coefficient (Wildman–Crippen LogP) is -0.111. The summed E-state index contributed by atoms with van der Waals surface area (Å²) in [5.41, 5.74) is 1.04. The smallest absolute Gasteiger partial charge is 0.223 e. The molecule has 0 aliphatic carbocycles. The van der Waals surface area contributed by atoms with Gasteiger partial charge in [-0.3, -0.25) is 4.79 Å². The number of sulfone groups is 1. The van der Waals surface area contributed by atoms with E-state index >= 15 is 0 Å². The van der Waals surface area contributed by atoms with E-state index in [1.54, 1.807) is 4.90 Å². The Hall–Kier alpha value is -1.45. The third kappa shape index (κ3) is 4.04. The molecular formula is C16H22N2O5S2. The van der Waals surface area contributed by atoms with Crippen LogP contribution in [0.2, 0.25) is 0 Å². The van der Waals surface area contributed by atoms with Crippen LogP contribution in [0.25, 0.3) is 0 Å². The fourth-order valence-electron chi connectivity index (χ4n) is 3.68. The van der Waals surface area contributed by atoms with Crippen molar-refractivity contribution in [3.8, 4) is 0 Å². The summed E-state index contributed by atoms with van der Waals surface area (Å²) in [5, 5.41) is 0. The van der Waals surface area contributed by atoms with Crippen LogP contribution in [0.4, 0.5) is 0 Å². The van der Waals surface area contributed by atoms with Gasteiger partial charge in [-0.25, -0.2) is 16.8 Å². The molecule has 1 aromatic carbocycles. The standard InChI is InChI=1S/C16H22N2O5S2/c1-24(20,21)18-10-9-17(14-11-25(22,23)12-15(14)18)16(19)8-7-13-5-3-2-4-6-13/h2-6,14-15H,7-12H2,1H3/t14-,15+/m1/s1. The topological polar surface area (TPSA) is 91.8 Å². The fraction of sp³-hybridized carbons (Fsp3) is 0.562. The van der Waals surface area contributed by atoms with Crippen LogP contribution in [0, 0.1) is 0 Å². The van der Waals surface area contributed by atoms with Crippen molar-refractivity contribution in [1.29, 1.82) is 0 Å². The highest BCUT2D eigenvalue weighted by atomic mass is 32.2. The van der Waals surface area contributed by atoms with Crippen LogP contribution in [0.5, 0.6) is 0 Å². The van der Waals surface area contributed by atoms with Gasteiger partial charge < -0.3 is 4.90 Å². The zero-order chi connectivity index (χ0) is 18.2. The van der Waals surface area contributed by atoms with Crippen LogP contribution >= 0.6 is 0 Å². The van der Waals surface area contributed by atoms with E-state index in [0.29, 0.717) is 6.42 Å². The summed E-state index contributed by atoms with van der Waals surface area (Å²) in [6, 6.07) is 8.35. The van der Waals surface area contributed by atoms with Gasteiger partial charge >= 0.3 is 0 Å². The molecule has 2 heterocycles. The molecule has 25 heavy (non-hydrogen) atoms. The molecule has 138 valence electrons. The van der Waals surface area contributed by atoms with Crippen molar-refractivity contribution >= 4 is 25.8 Å². The molecule has 3 rings (SSSR count). The first kappa shape index (κ1) is 18.3. The highest BCUT2D eigenvalue weighted by Gasteiger charge is 2.50. The van der Waals surface area contributed by atoms with Crippen molar-refractivity contribution in [2.24, 2.45) is 0 Å². The first-order chi connectivity index (χ1) is 11.7. The molecule has 2 aliphatic heterocycles. The van der Waals surface area contributed by atoms with Gasteiger partial charge in [0.05, 0.1) is 29.8 Å². The van der Waals surface area contributed by atoms with Crippen LogP contribution in [-0.4, -0.2) is 74.9 Å². The normalized spacial score (nSPS) is 26.4. The maximum absolute atomic E-state index is 12.6. The third-order valence-electron chi connectivity index (χ3n) is 4.84. The van der Waals surface area contributed by atoms with Crippen molar-refractivity contribution in [1.82, 2.24) is 9.21 Å². The molecule has 0 unspecified atom stereocenters. The van der Waals surface area contributed by atoms with E-state index in [2.05, 4.69) is 0 Å². The monoisotopic (exact) mass is 386 g/mol. The maximum atomic E-state index is 12.6. The van der Waals surface area contributed by atoms with Crippen LogP contribution in [0.3, 0.4) is 0 Å². The van der Waals surface area contributed by atoms with Gasteiger partial charge in [0, 0.05) is 19.5 Å². The number of amides is 1. The first-order valence-corrected chi connectivity index (χ1v) is 11.8. The lowest BCUT2D eigenvalue weighted by Crippen LogP contribution is -2.61. The van der Waals surface area contributed by atoms with Crippen molar-refractivity contribution < 1.29 is 21.6 Å². The predicted molar refractivity (Wildman–Crippen MR) is 94.3 cm³/mol. The third-order valence-corrected chi connectivity index (χ3v) is 7.85.